The van der Waals surface area contributed by atoms with Crippen LogP contribution in [0.4, 0.5) is 0 Å². The van der Waals surface area contributed by atoms with E-state index < -0.39 is 0 Å². The summed E-state index contributed by atoms with van der Waals surface area (Å²) in [5.74, 6) is 0.331. The molecule has 0 spiro atoms. The van der Waals surface area contributed by atoms with E-state index in [2.05, 4.69) is 58.3 Å². The average molecular weight is 365 g/mol. The monoisotopic (exact) mass is 364 g/mol. The molecule has 0 N–H and O–H groups in total. The molecule has 0 saturated carbocycles. The fourth-order valence-electron chi connectivity index (χ4n) is 4.08. The lowest BCUT2D eigenvalue weighted by atomic mass is 10.00. The molecule has 2 aliphatic rings. The zero-order valence-electron chi connectivity index (χ0n) is 16.7. The van der Waals surface area contributed by atoms with Gasteiger partial charge in [-0.3, -0.25) is 9.69 Å². The van der Waals surface area contributed by atoms with Crippen molar-refractivity contribution in [1.29, 1.82) is 0 Å². The molecule has 1 amide bonds. The Hall–Kier alpha value is -2.13. The summed E-state index contributed by atoms with van der Waals surface area (Å²) in [6, 6.07) is 19.7. The molecule has 2 heterocycles. The number of hydrogen-bond acceptors (Lipinski definition) is 2. The van der Waals surface area contributed by atoms with Gasteiger partial charge in [0.1, 0.15) is 0 Å². The van der Waals surface area contributed by atoms with Crippen molar-refractivity contribution in [3.05, 3.63) is 60.2 Å². The molecule has 2 aromatic carbocycles. The molecule has 2 fully saturated rings. The third-order valence-corrected chi connectivity index (χ3v) is 5.54. The first-order chi connectivity index (χ1) is 13.3. The van der Waals surface area contributed by atoms with E-state index in [0.29, 0.717) is 18.4 Å². The second kappa shape index (κ2) is 9.70. The van der Waals surface area contributed by atoms with Crippen molar-refractivity contribution in [2.45, 2.75) is 52.0 Å². The smallest absolute Gasteiger partial charge is 0.223 e. The SMILES string of the molecule is CC.O=C1CC[C@@H](Cc2ccc(-c3ccccc3)cc2)N1CN1CCCC1. The molecule has 4 rings (SSSR count). The fraction of sp³-hybridized carbons (Fsp3) is 0.458. The number of rotatable bonds is 5. The third-order valence-electron chi connectivity index (χ3n) is 5.54. The summed E-state index contributed by atoms with van der Waals surface area (Å²) in [4.78, 5) is 16.8. The Morgan fingerprint density at radius 3 is 2.19 bits per heavy atom. The van der Waals surface area contributed by atoms with E-state index in [-0.39, 0.29) is 0 Å². The molecule has 0 bridgehead atoms. The summed E-state index contributed by atoms with van der Waals surface area (Å²) < 4.78 is 0. The van der Waals surface area contributed by atoms with Crippen LogP contribution in [-0.4, -0.2) is 41.5 Å². The van der Waals surface area contributed by atoms with E-state index in [1.807, 2.05) is 19.9 Å². The van der Waals surface area contributed by atoms with Crippen LogP contribution in [0.15, 0.2) is 54.6 Å². The van der Waals surface area contributed by atoms with Crippen LogP contribution in [0.3, 0.4) is 0 Å². The second-order valence-corrected chi connectivity index (χ2v) is 7.29. The van der Waals surface area contributed by atoms with Crippen LogP contribution in [0.5, 0.6) is 0 Å². The van der Waals surface area contributed by atoms with Gasteiger partial charge in [0, 0.05) is 12.5 Å². The highest BCUT2D eigenvalue weighted by Crippen LogP contribution is 2.25. The molecule has 2 saturated heterocycles. The highest BCUT2D eigenvalue weighted by atomic mass is 16.2. The predicted molar refractivity (Wildman–Crippen MR) is 112 cm³/mol. The summed E-state index contributed by atoms with van der Waals surface area (Å²) in [6.45, 7) is 7.11. The Morgan fingerprint density at radius 2 is 1.52 bits per heavy atom. The molecule has 2 aromatic rings. The third kappa shape index (κ3) is 4.98. The number of carbonyl (C=O) groups excluding carboxylic acids is 1. The minimum Gasteiger partial charge on any atom is -0.326 e. The van der Waals surface area contributed by atoms with E-state index in [1.165, 1.54) is 29.5 Å². The van der Waals surface area contributed by atoms with Gasteiger partial charge in [-0.25, -0.2) is 0 Å². The van der Waals surface area contributed by atoms with Crippen LogP contribution in [-0.2, 0) is 11.2 Å². The summed E-state index contributed by atoms with van der Waals surface area (Å²) in [6.07, 6.45) is 5.21. The van der Waals surface area contributed by atoms with E-state index >= 15 is 0 Å². The van der Waals surface area contributed by atoms with E-state index in [9.17, 15) is 4.79 Å². The second-order valence-electron chi connectivity index (χ2n) is 7.29. The van der Waals surface area contributed by atoms with Gasteiger partial charge >= 0.3 is 0 Å². The lowest BCUT2D eigenvalue weighted by Crippen LogP contribution is -2.42. The highest BCUT2D eigenvalue weighted by Gasteiger charge is 2.32. The maximum Gasteiger partial charge on any atom is 0.223 e. The largest absolute Gasteiger partial charge is 0.326 e. The number of carbonyl (C=O) groups is 1. The summed E-state index contributed by atoms with van der Waals surface area (Å²) in [7, 11) is 0. The lowest BCUT2D eigenvalue weighted by Gasteiger charge is -2.29. The molecule has 144 valence electrons. The minimum atomic E-state index is 0.331. The normalized spacial score (nSPS) is 19.9. The van der Waals surface area contributed by atoms with Gasteiger partial charge in [0.25, 0.3) is 0 Å². The molecule has 3 nitrogen and oxygen atoms in total. The summed E-state index contributed by atoms with van der Waals surface area (Å²) in [5.41, 5.74) is 3.83. The molecular formula is C24H32N2O. The topological polar surface area (TPSA) is 23.6 Å². The van der Waals surface area contributed by atoms with Crippen LogP contribution in [0.1, 0.15) is 45.1 Å². The Labute approximate surface area is 164 Å². The average Bonchev–Trinajstić information content (AvgIpc) is 3.36. The predicted octanol–water partition coefficient (Wildman–Crippen LogP) is 4.97. The van der Waals surface area contributed by atoms with Crippen molar-refractivity contribution in [3.8, 4) is 11.1 Å². The Kier molecular flexibility index (Phi) is 7.05. The van der Waals surface area contributed by atoms with Crippen LogP contribution in [0.2, 0.25) is 0 Å². The minimum absolute atomic E-state index is 0.331. The Balaban J connectivity index is 0.00000102. The molecule has 0 aliphatic carbocycles. The lowest BCUT2D eigenvalue weighted by molar-refractivity contribution is -0.130. The Bertz CT molecular complexity index is 705. The molecule has 3 heteroatoms. The standard InChI is InChI=1S/C22H26N2O.C2H6/c25-22-13-12-21(24(22)17-23-14-4-5-15-23)16-18-8-10-20(11-9-18)19-6-2-1-3-7-19;1-2/h1-3,6-11,21H,4-5,12-17H2;1-2H3/t21-;/m0./s1. The summed E-state index contributed by atoms with van der Waals surface area (Å²) >= 11 is 0. The van der Waals surface area contributed by atoms with E-state index in [1.54, 1.807) is 0 Å². The maximum atomic E-state index is 12.3. The van der Waals surface area contributed by atoms with Crippen LogP contribution in [0.25, 0.3) is 11.1 Å². The van der Waals surface area contributed by atoms with Crippen LogP contribution >= 0.6 is 0 Å². The van der Waals surface area contributed by atoms with Crippen molar-refractivity contribution in [1.82, 2.24) is 9.80 Å². The van der Waals surface area contributed by atoms with Gasteiger partial charge in [-0.15, -0.1) is 0 Å². The molecule has 0 radical (unpaired) electrons. The highest BCUT2D eigenvalue weighted by molar-refractivity contribution is 5.78. The van der Waals surface area contributed by atoms with Crippen LogP contribution < -0.4 is 0 Å². The number of amides is 1. The molecule has 1 atom stereocenters. The van der Waals surface area contributed by atoms with E-state index in [4.69, 9.17) is 0 Å². The number of benzene rings is 2. The van der Waals surface area contributed by atoms with Gasteiger partial charge in [-0.2, -0.15) is 0 Å². The van der Waals surface area contributed by atoms with E-state index in [0.717, 1.165) is 32.6 Å². The quantitative estimate of drug-likeness (QED) is 0.748. The van der Waals surface area contributed by atoms with Gasteiger partial charge < -0.3 is 4.90 Å². The molecule has 27 heavy (non-hydrogen) atoms. The zero-order valence-corrected chi connectivity index (χ0v) is 16.7. The summed E-state index contributed by atoms with van der Waals surface area (Å²) in [5, 5.41) is 0. The fourth-order valence-corrected chi connectivity index (χ4v) is 4.08. The van der Waals surface area contributed by atoms with Gasteiger partial charge in [0.15, 0.2) is 0 Å². The Morgan fingerprint density at radius 1 is 0.889 bits per heavy atom. The van der Waals surface area contributed by atoms with Crippen molar-refractivity contribution < 1.29 is 4.79 Å². The van der Waals surface area contributed by atoms with Crippen molar-refractivity contribution in [2.24, 2.45) is 0 Å². The number of likely N-dealkylation sites (tertiary alicyclic amines) is 2. The van der Waals surface area contributed by atoms with Crippen molar-refractivity contribution in [3.63, 3.8) is 0 Å². The molecule has 0 aromatic heterocycles. The number of hydrogen-bond donors (Lipinski definition) is 0. The maximum absolute atomic E-state index is 12.3. The van der Waals surface area contributed by atoms with Gasteiger partial charge in [0.05, 0.1) is 6.67 Å². The van der Waals surface area contributed by atoms with Crippen molar-refractivity contribution >= 4 is 5.91 Å². The first kappa shape index (κ1) is 19.6. The van der Waals surface area contributed by atoms with Crippen LogP contribution in [0, 0.1) is 0 Å². The zero-order chi connectivity index (χ0) is 19.1. The van der Waals surface area contributed by atoms with Gasteiger partial charge in [0.2, 0.25) is 5.91 Å². The molecule has 2 aliphatic heterocycles. The van der Waals surface area contributed by atoms with Crippen molar-refractivity contribution in [2.75, 3.05) is 19.8 Å². The molecular weight excluding hydrogens is 332 g/mol. The van der Waals surface area contributed by atoms with Gasteiger partial charge in [-0.05, 0) is 55.5 Å². The molecule has 0 unspecified atom stereocenters. The first-order valence-corrected chi connectivity index (χ1v) is 10.5. The number of nitrogens with zero attached hydrogens (tertiary/aromatic N) is 2. The first-order valence-electron chi connectivity index (χ1n) is 10.5. The van der Waals surface area contributed by atoms with Gasteiger partial charge in [-0.1, -0.05) is 68.4 Å².